The first-order valence-electron chi connectivity index (χ1n) is 10.3. The maximum Gasteiger partial charge on any atom is 0.160 e. The van der Waals surface area contributed by atoms with E-state index in [2.05, 4.69) is 66.4 Å². The number of aromatic nitrogens is 2. The lowest BCUT2D eigenvalue weighted by Gasteiger charge is -2.27. The summed E-state index contributed by atoms with van der Waals surface area (Å²) in [5.41, 5.74) is 7.03. The highest BCUT2D eigenvalue weighted by molar-refractivity contribution is 8.14. The maximum atomic E-state index is 6.44. The lowest BCUT2D eigenvalue weighted by atomic mass is 9.96. The number of aryl methyl sites for hydroxylation is 1. The SMILES string of the molecule is Cc1c(Cl)cccc1-n1c(C)cc([C@H]2[C@@H](c3ccccn3)N=C3S[C@@H](C)CN32)c1C. The van der Waals surface area contributed by atoms with E-state index >= 15 is 0 Å². The molecule has 0 amide bonds. The molecule has 2 aliphatic heterocycles. The van der Waals surface area contributed by atoms with Gasteiger partial charge in [-0.2, -0.15) is 0 Å². The highest BCUT2D eigenvalue weighted by Crippen LogP contribution is 2.49. The zero-order valence-electron chi connectivity index (χ0n) is 17.6. The van der Waals surface area contributed by atoms with E-state index in [4.69, 9.17) is 16.6 Å². The third kappa shape index (κ3) is 3.07. The second-order valence-corrected chi connectivity index (χ2v) is 10.00. The van der Waals surface area contributed by atoms with Crippen LogP contribution in [-0.2, 0) is 0 Å². The van der Waals surface area contributed by atoms with Crippen LogP contribution in [0.4, 0.5) is 0 Å². The van der Waals surface area contributed by atoms with E-state index in [9.17, 15) is 0 Å². The predicted octanol–water partition coefficient (Wildman–Crippen LogP) is 6.04. The minimum Gasteiger partial charge on any atom is -0.341 e. The summed E-state index contributed by atoms with van der Waals surface area (Å²) in [4.78, 5) is 12.3. The lowest BCUT2D eigenvalue weighted by Crippen LogP contribution is -2.28. The second kappa shape index (κ2) is 7.47. The zero-order valence-corrected chi connectivity index (χ0v) is 19.2. The zero-order chi connectivity index (χ0) is 21.0. The quantitative estimate of drug-likeness (QED) is 0.501. The van der Waals surface area contributed by atoms with Crippen molar-refractivity contribution in [3.05, 3.63) is 81.9 Å². The van der Waals surface area contributed by atoms with Crippen molar-refractivity contribution < 1.29 is 0 Å². The molecule has 2 aliphatic rings. The highest BCUT2D eigenvalue weighted by atomic mass is 35.5. The third-order valence-electron chi connectivity index (χ3n) is 6.15. The summed E-state index contributed by atoms with van der Waals surface area (Å²) in [6.07, 6.45) is 1.87. The van der Waals surface area contributed by atoms with Crippen LogP contribution in [0.2, 0.25) is 5.02 Å². The summed E-state index contributed by atoms with van der Waals surface area (Å²) in [6.45, 7) is 9.75. The number of thioether (sulfide) groups is 1. The van der Waals surface area contributed by atoms with E-state index in [1.54, 1.807) is 0 Å². The van der Waals surface area contributed by atoms with Crippen LogP contribution in [0, 0.1) is 20.8 Å². The van der Waals surface area contributed by atoms with Crippen LogP contribution in [0.5, 0.6) is 0 Å². The Hall–Kier alpha value is -2.24. The second-order valence-electron chi connectivity index (χ2n) is 8.18. The van der Waals surface area contributed by atoms with Gasteiger partial charge in [0.15, 0.2) is 5.17 Å². The molecule has 4 heterocycles. The maximum absolute atomic E-state index is 6.44. The number of amidine groups is 1. The van der Waals surface area contributed by atoms with Gasteiger partial charge in [-0.15, -0.1) is 0 Å². The van der Waals surface area contributed by atoms with Crippen LogP contribution in [0.15, 0.2) is 53.7 Å². The van der Waals surface area contributed by atoms with Gasteiger partial charge in [0.2, 0.25) is 0 Å². The van der Waals surface area contributed by atoms with Crippen LogP contribution in [0.3, 0.4) is 0 Å². The minimum absolute atomic E-state index is 0.00982. The van der Waals surface area contributed by atoms with Crippen molar-refractivity contribution >= 4 is 28.5 Å². The van der Waals surface area contributed by atoms with Crippen molar-refractivity contribution in [3.63, 3.8) is 0 Å². The number of pyridine rings is 1. The molecule has 3 aromatic rings. The molecule has 1 aromatic carbocycles. The minimum atomic E-state index is 0.00982. The Morgan fingerprint density at radius 3 is 2.70 bits per heavy atom. The molecular weight excluding hydrogens is 412 g/mol. The van der Waals surface area contributed by atoms with Gasteiger partial charge >= 0.3 is 0 Å². The number of nitrogens with zero attached hydrogens (tertiary/aromatic N) is 4. The van der Waals surface area contributed by atoms with Gasteiger partial charge in [-0.3, -0.25) is 9.98 Å². The van der Waals surface area contributed by atoms with Gasteiger partial charge in [-0.1, -0.05) is 42.4 Å². The molecule has 0 N–H and O–H groups in total. The third-order valence-corrected chi connectivity index (χ3v) is 7.66. The normalized spacial score (nSPS) is 23.0. The van der Waals surface area contributed by atoms with Crippen molar-refractivity contribution in [2.45, 2.75) is 45.0 Å². The summed E-state index contributed by atoms with van der Waals surface area (Å²) in [6, 6.07) is 14.7. The smallest absolute Gasteiger partial charge is 0.160 e. The molecule has 0 radical (unpaired) electrons. The average molecular weight is 437 g/mol. The summed E-state index contributed by atoms with van der Waals surface area (Å²) < 4.78 is 2.33. The highest BCUT2D eigenvalue weighted by Gasteiger charge is 2.44. The molecule has 154 valence electrons. The van der Waals surface area contributed by atoms with Crippen molar-refractivity contribution in [1.29, 1.82) is 0 Å². The molecule has 1 fully saturated rings. The Balaban J connectivity index is 1.65. The van der Waals surface area contributed by atoms with E-state index in [1.807, 2.05) is 36.2 Å². The number of fused-ring (bicyclic) bond motifs is 1. The molecule has 0 aliphatic carbocycles. The number of benzene rings is 1. The molecule has 1 saturated heterocycles. The van der Waals surface area contributed by atoms with Crippen LogP contribution in [0.1, 0.15) is 47.2 Å². The summed E-state index contributed by atoms with van der Waals surface area (Å²) in [5.74, 6) is 0. The van der Waals surface area contributed by atoms with Gasteiger partial charge in [0.05, 0.1) is 11.7 Å². The summed E-state index contributed by atoms with van der Waals surface area (Å²) in [7, 11) is 0. The molecule has 0 unspecified atom stereocenters. The van der Waals surface area contributed by atoms with Gasteiger partial charge in [-0.05, 0) is 62.2 Å². The molecule has 4 nitrogen and oxygen atoms in total. The summed E-state index contributed by atoms with van der Waals surface area (Å²) in [5, 5.41) is 2.49. The Labute approximate surface area is 187 Å². The van der Waals surface area contributed by atoms with E-state index in [0.29, 0.717) is 5.25 Å². The van der Waals surface area contributed by atoms with Crippen LogP contribution < -0.4 is 0 Å². The molecule has 0 saturated carbocycles. The van der Waals surface area contributed by atoms with Gasteiger partial charge in [-0.25, -0.2) is 0 Å². The number of hydrogen-bond donors (Lipinski definition) is 0. The topological polar surface area (TPSA) is 33.4 Å². The first-order chi connectivity index (χ1) is 14.5. The fraction of sp³-hybridized carbons (Fsp3) is 0.333. The predicted molar refractivity (Wildman–Crippen MR) is 126 cm³/mol. The Kier molecular flexibility index (Phi) is 4.91. The molecule has 0 bridgehead atoms. The average Bonchev–Trinajstić information content (AvgIpc) is 3.35. The number of hydrogen-bond acceptors (Lipinski definition) is 4. The number of aliphatic imine (C=N–C) groups is 1. The van der Waals surface area contributed by atoms with Crippen molar-refractivity contribution in [1.82, 2.24) is 14.5 Å². The van der Waals surface area contributed by atoms with E-state index in [0.717, 1.165) is 33.7 Å². The lowest BCUT2D eigenvalue weighted by molar-refractivity contribution is 0.320. The fourth-order valence-electron chi connectivity index (χ4n) is 4.75. The molecule has 2 aromatic heterocycles. The van der Waals surface area contributed by atoms with Gasteiger partial charge in [0, 0.05) is 40.1 Å². The fourth-order valence-corrected chi connectivity index (χ4v) is 6.01. The monoisotopic (exact) mass is 436 g/mol. The number of rotatable bonds is 3. The van der Waals surface area contributed by atoms with Crippen LogP contribution in [-0.4, -0.2) is 31.4 Å². The van der Waals surface area contributed by atoms with Crippen molar-refractivity contribution in [2.75, 3.05) is 6.54 Å². The van der Waals surface area contributed by atoms with Crippen LogP contribution in [0.25, 0.3) is 5.69 Å². The van der Waals surface area contributed by atoms with E-state index in [-0.39, 0.29) is 12.1 Å². The Morgan fingerprint density at radius 1 is 1.10 bits per heavy atom. The van der Waals surface area contributed by atoms with Crippen LogP contribution >= 0.6 is 23.4 Å². The van der Waals surface area contributed by atoms with E-state index in [1.165, 1.54) is 17.0 Å². The molecule has 0 spiro atoms. The first-order valence-corrected chi connectivity index (χ1v) is 11.6. The van der Waals surface area contributed by atoms with Gasteiger partial charge < -0.3 is 9.47 Å². The number of halogens is 1. The Morgan fingerprint density at radius 2 is 1.93 bits per heavy atom. The van der Waals surface area contributed by atoms with Gasteiger partial charge in [0.25, 0.3) is 0 Å². The van der Waals surface area contributed by atoms with E-state index < -0.39 is 0 Å². The standard InChI is InChI=1S/C24H25ClN4S/c1-14-12-18(17(4)29(14)21-10-7-8-19(25)16(21)3)23-22(20-9-5-6-11-26-20)27-24-28(23)13-15(2)30-24/h5-12,15,22-23H,13H2,1-4H3/t15-,22+,23-/m0/s1. The summed E-state index contributed by atoms with van der Waals surface area (Å²) >= 11 is 8.32. The van der Waals surface area contributed by atoms with Crippen molar-refractivity contribution in [2.24, 2.45) is 4.99 Å². The van der Waals surface area contributed by atoms with Gasteiger partial charge in [0.1, 0.15) is 6.04 Å². The molecule has 3 atom stereocenters. The largest absolute Gasteiger partial charge is 0.341 e. The molecule has 6 heteroatoms. The molecule has 5 rings (SSSR count). The first kappa shape index (κ1) is 19.7. The molecule has 30 heavy (non-hydrogen) atoms. The Bertz CT molecular complexity index is 1140. The van der Waals surface area contributed by atoms with Crippen molar-refractivity contribution in [3.8, 4) is 5.69 Å². The molecular formula is C24H25ClN4S.